The SMILES string of the molecule is CN(COc1ccccc1)C(=S)OC#N. The topological polar surface area (TPSA) is 45.5 Å². The Hall–Kier alpha value is -1.80. The highest BCUT2D eigenvalue weighted by Gasteiger charge is 2.05. The lowest BCUT2D eigenvalue weighted by molar-refractivity contribution is 0.196. The van der Waals surface area contributed by atoms with E-state index in [0.29, 0.717) is 0 Å². The van der Waals surface area contributed by atoms with Crippen LogP contribution >= 0.6 is 12.2 Å². The Morgan fingerprint density at radius 1 is 1.47 bits per heavy atom. The number of para-hydroxylation sites is 1. The van der Waals surface area contributed by atoms with Gasteiger partial charge in [0.15, 0.2) is 6.73 Å². The summed E-state index contributed by atoms with van der Waals surface area (Å²) in [5, 5.41) is 8.33. The van der Waals surface area contributed by atoms with Crippen LogP contribution in [0.1, 0.15) is 0 Å². The second kappa shape index (κ2) is 5.83. The van der Waals surface area contributed by atoms with Gasteiger partial charge in [0.1, 0.15) is 5.75 Å². The summed E-state index contributed by atoms with van der Waals surface area (Å²) in [6, 6.07) is 9.32. The lowest BCUT2D eigenvalue weighted by Crippen LogP contribution is -2.30. The Bertz CT molecular complexity index is 361. The Labute approximate surface area is 93.6 Å². The summed E-state index contributed by atoms with van der Waals surface area (Å²) in [4.78, 5) is 1.52. The van der Waals surface area contributed by atoms with Crippen molar-refractivity contribution in [1.82, 2.24) is 4.90 Å². The number of hydrogen-bond acceptors (Lipinski definition) is 4. The molecule has 0 saturated heterocycles. The molecule has 0 heterocycles. The molecule has 0 N–H and O–H groups in total. The summed E-state index contributed by atoms with van der Waals surface area (Å²) in [7, 11) is 1.68. The predicted molar refractivity (Wildman–Crippen MR) is 59.0 cm³/mol. The number of nitrogens with zero attached hydrogens (tertiary/aromatic N) is 2. The second-order valence-corrected chi connectivity index (χ2v) is 3.09. The molecule has 0 unspecified atom stereocenters. The van der Waals surface area contributed by atoms with Crippen LogP contribution in [-0.4, -0.2) is 23.9 Å². The molecule has 1 aromatic carbocycles. The van der Waals surface area contributed by atoms with Crippen molar-refractivity contribution in [3.05, 3.63) is 30.3 Å². The predicted octanol–water partition coefficient (Wildman–Crippen LogP) is 1.74. The fourth-order valence-electron chi connectivity index (χ4n) is 0.858. The minimum absolute atomic E-state index is 0.0911. The monoisotopic (exact) mass is 222 g/mol. The molecule has 1 rings (SSSR count). The Morgan fingerprint density at radius 2 is 2.13 bits per heavy atom. The first-order valence-corrected chi connectivity index (χ1v) is 4.63. The number of benzene rings is 1. The summed E-state index contributed by atoms with van der Waals surface area (Å²) in [5.74, 6) is 0.740. The van der Waals surface area contributed by atoms with Crippen LogP contribution in [0.25, 0.3) is 0 Å². The molecule has 0 aromatic heterocycles. The summed E-state index contributed by atoms with van der Waals surface area (Å²) >= 11 is 4.79. The molecule has 78 valence electrons. The molecule has 0 bridgehead atoms. The van der Waals surface area contributed by atoms with Crippen molar-refractivity contribution in [2.75, 3.05) is 13.8 Å². The highest BCUT2D eigenvalue weighted by Crippen LogP contribution is 2.08. The minimum atomic E-state index is 0.0911. The van der Waals surface area contributed by atoms with Gasteiger partial charge in [-0.1, -0.05) is 18.2 Å². The maximum atomic E-state index is 8.24. The van der Waals surface area contributed by atoms with Gasteiger partial charge in [0.25, 0.3) is 11.4 Å². The Morgan fingerprint density at radius 3 is 2.73 bits per heavy atom. The number of rotatable bonds is 3. The molecular formula is C10H10N2O2S. The van der Waals surface area contributed by atoms with Crippen molar-refractivity contribution in [3.63, 3.8) is 0 Å². The van der Waals surface area contributed by atoms with Gasteiger partial charge in [-0.2, -0.15) is 0 Å². The van der Waals surface area contributed by atoms with Crippen molar-refractivity contribution < 1.29 is 9.47 Å². The quantitative estimate of drug-likeness (QED) is 0.443. The van der Waals surface area contributed by atoms with Crippen molar-refractivity contribution in [1.29, 1.82) is 5.26 Å². The third kappa shape index (κ3) is 3.83. The fourth-order valence-corrected chi connectivity index (χ4v) is 0.948. The number of thiocarbonyl (C=S) groups is 1. The van der Waals surface area contributed by atoms with Crippen LogP contribution < -0.4 is 4.74 Å². The van der Waals surface area contributed by atoms with Gasteiger partial charge >= 0.3 is 0 Å². The zero-order valence-corrected chi connectivity index (χ0v) is 9.03. The first kappa shape index (κ1) is 11.3. The molecule has 4 nitrogen and oxygen atoms in total. The lowest BCUT2D eigenvalue weighted by Gasteiger charge is -2.17. The average Bonchev–Trinajstić information content (AvgIpc) is 2.27. The van der Waals surface area contributed by atoms with E-state index in [9.17, 15) is 0 Å². The fraction of sp³-hybridized carbons (Fsp3) is 0.200. The van der Waals surface area contributed by atoms with E-state index in [2.05, 4.69) is 4.74 Å². The van der Waals surface area contributed by atoms with Crippen LogP contribution in [0.2, 0.25) is 0 Å². The molecule has 0 aliphatic carbocycles. The van der Waals surface area contributed by atoms with Gasteiger partial charge < -0.3 is 14.4 Å². The Kier molecular flexibility index (Phi) is 4.38. The van der Waals surface area contributed by atoms with Crippen molar-refractivity contribution in [2.24, 2.45) is 0 Å². The maximum Gasteiger partial charge on any atom is 0.294 e. The van der Waals surface area contributed by atoms with E-state index in [-0.39, 0.29) is 11.9 Å². The first-order chi connectivity index (χ1) is 7.24. The summed E-state index contributed by atoms with van der Waals surface area (Å²) in [6.07, 6.45) is 1.51. The number of hydrogen-bond donors (Lipinski definition) is 0. The summed E-state index contributed by atoms with van der Waals surface area (Å²) in [6.45, 7) is 0.241. The van der Waals surface area contributed by atoms with Crippen molar-refractivity contribution in [2.45, 2.75) is 0 Å². The minimum Gasteiger partial charge on any atom is -0.473 e. The third-order valence-electron chi connectivity index (χ3n) is 1.61. The smallest absolute Gasteiger partial charge is 0.294 e. The number of nitriles is 1. The molecule has 0 amide bonds. The zero-order valence-electron chi connectivity index (χ0n) is 8.21. The Balaban J connectivity index is 2.38. The first-order valence-electron chi connectivity index (χ1n) is 4.23. The van der Waals surface area contributed by atoms with Crippen LogP contribution in [0.3, 0.4) is 0 Å². The zero-order chi connectivity index (χ0) is 11.1. The van der Waals surface area contributed by atoms with E-state index in [1.165, 1.54) is 11.2 Å². The largest absolute Gasteiger partial charge is 0.473 e. The van der Waals surface area contributed by atoms with E-state index in [1.807, 2.05) is 30.3 Å². The van der Waals surface area contributed by atoms with Crippen LogP contribution in [0, 0.1) is 11.5 Å². The van der Waals surface area contributed by atoms with Gasteiger partial charge in [0, 0.05) is 7.05 Å². The van der Waals surface area contributed by atoms with E-state index < -0.39 is 0 Å². The van der Waals surface area contributed by atoms with Gasteiger partial charge in [-0.25, -0.2) is 0 Å². The molecule has 0 spiro atoms. The molecule has 0 fully saturated rings. The molecule has 15 heavy (non-hydrogen) atoms. The van der Waals surface area contributed by atoms with Crippen LogP contribution in [0.5, 0.6) is 5.75 Å². The molecular weight excluding hydrogens is 212 g/mol. The molecule has 0 aliphatic rings. The number of ether oxygens (including phenoxy) is 2. The average molecular weight is 222 g/mol. The van der Waals surface area contributed by atoms with E-state index >= 15 is 0 Å². The molecule has 5 heteroatoms. The molecule has 0 radical (unpaired) electrons. The summed E-state index contributed by atoms with van der Waals surface area (Å²) in [5.41, 5.74) is 0. The van der Waals surface area contributed by atoms with E-state index in [4.69, 9.17) is 22.2 Å². The third-order valence-corrected chi connectivity index (χ3v) is 2.01. The van der Waals surface area contributed by atoms with E-state index in [0.717, 1.165) is 5.75 Å². The van der Waals surface area contributed by atoms with E-state index in [1.54, 1.807) is 7.05 Å². The maximum absolute atomic E-state index is 8.24. The lowest BCUT2D eigenvalue weighted by atomic mass is 10.3. The second-order valence-electron chi connectivity index (χ2n) is 2.74. The molecule has 0 aliphatic heterocycles. The van der Waals surface area contributed by atoms with Crippen LogP contribution in [0.15, 0.2) is 30.3 Å². The molecule has 0 atom stereocenters. The van der Waals surface area contributed by atoms with Gasteiger partial charge in [0.2, 0.25) is 0 Å². The van der Waals surface area contributed by atoms with Gasteiger partial charge in [-0.15, -0.1) is 5.26 Å². The molecule has 0 saturated carbocycles. The van der Waals surface area contributed by atoms with Gasteiger partial charge in [-0.3, -0.25) is 0 Å². The van der Waals surface area contributed by atoms with Gasteiger partial charge in [-0.05, 0) is 24.4 Å². The van der Waals surface area contributed by atoms with Crippen LogP contribution in [0.4, 0.5) is 0 Å². The highest BCUT2D eigenvalue weighted by atomic mass is 32.1. The van der Waals surface area contributed by atoms with Gasteiger partial charge in [0.05, 0.1) is 0 Å². The van der Waals surface area contributed by atoms with Crippen molar-refractivity contribution in [3.8, 4) is 12.0 Å². The summed E-state index contributed by atoms with van der Waals surface area (Å²) < 4.78 is 9.86. The van der Waals surface area contributed by atoms with Crippen molar-refractivity contribution >= 4 is 17.4 Å². The molecule has 1 aromatic rings. The highest BCUT2D eigenvalue weighted by molar-refractivity contribution is 7.80. The van der Waals surface area contributed by atoms with Crippen LogP contribution in [-0.2, 0) is 4.74 Å². The standard InChI is InChI=1S/C10H10N2O2S/c1-12(10(15)13-7-11)8-14-9-5-3-2-4-6-9/h2-6H,8H2,1H3. The normalized spacial score (nSPS) is 8.80.